The van der Waals surface area contributed by atoms with E-state index in [4.69, 9.17) is 15.6 Å². The van der Waals surface area contributed by atoms with Crippen LogP contribution in [-0.4, -0.2) is 76.4 Å². The number of nitrogens with zero attached hydrogens (tertiary/aromatic N) is 1. The predicted molar refractivity (Wildman–Crippen MR) is 272 cm³/mol. The number of hydrogen-bond acceptors (Lipinski definition) is 10. The lowest BCUT2D eigenvalue weighted by molar-refractivity contribution is -0.121. The van der Waals surface area contributed by atoms with E-state index in [1.54, 1.807) is 0 Å². The summed E-state index contributed by atoms with van der Waals surface area (Å²) in [5.41, 5.74) is 19.5. The Kier molecular flexibility index (Phi) is 34.9. The Bertz CT molecular complexity index is 1730. The molecule has 3 aromatic rings. The van der Waals surface area contributed by atoms with Crippen molar-refractivity contribution in [2.75, 3.05) is 50.6 Å². The van der Waals surface area contributed by atoms with Gasteiger partial charge in [-0.3, -0.25) is 9.59 Å². The minimum Gasteiger partial charge on any atom is -0.397 e. The molecule has 2 amide bonds. The van der Waals surface area contributed by atoms with Gasteiger partial charge in [-0.25, -0.2) is 0 Å². The quantitative estimate of drug-likeness (QED) is 0.0262. The molecule has 362 valence electrons. The number of nitrogens with one attached hydrogen (secondary N) is 4. The molecule has 0 saturated carbocycles. The Morgan fingerprint density at radius 3 is 2.09 bits per heavy atom. The number of anilines is 2. The van der Waals surface area contributed by atoms with Gasteiger partial charge in [0.25, 0.3) is 0 Å². The van der Waals surface area contributed by atoms with Gasteiger partial charge in [-0.15, -0.1) is 0 Å². The van der Waals surface area contributed by atoms with E-state index in [1.807, 2.05) is 25.2 Å². The van der Waals surface area contributed by atoms with Gasteiger partial charge < -0.3 is 52.3 Å². The van der Waals surface area contributed by atoms with Crippen LogP contribution in [0.1, 0.15) is 152 Å². The average Bonchev–Trinajstić information content (AvgIpc) is 3.32. The number of aldehydes is 2. The summed E-state index contributed by atoms with van der Waals surface area (Å²) in [4.78, 5) is 44.0. The van der Waals surface area contributed by atoms with E-state index in [2.05, 4.69) is 107 Å². The molecule has 1 unspecified atom stereocenters. The molecular weight excluding hydrogens is 815 g/mol. The highest BCUT2D eigenvalue weighted by atomic mass is 16.3. The number of nitrogens with two attached hydrogens (primary N) is 2. The second kappa shape index (κ2) is 39.2. The van der Waals surface area contributed by atoms with E-state index < -0.39 is 0 Å². The van der Waals surface area contributed by atoms with Crippen molar-refractivity contribution in [1.29, 1.82) is 0 Å². The van der Waals surface area contributed by atoms with Crippen molar-refractivity contribution < 1.29 is 24.3 Å². The molecule has 0 fully saturated rings. The van der Waals surface area contributed by atoms with Crippen molar-refractivity contribution in [3.63, 3.8) is 0 Å². The topological polar surface area (TPSA) is 192 Å². The Morgan fingerprint density at radius 1 is 0.769 bits per heavy atom. The maximum atomic E-state index is 11.7. The number of aliphatic hydroxyl groups is 1. The van der Waals surface area contributed by atoms with E-state index in [-0.39, 0.29) is 18.4 Å². The highest BCUT2D eigenvalue weighted by Gasteiger charge is 2.20. The first kappa shape index (κ1) is 57.8. The lowest BCUT2D eigenvalue weighted by atomic mass is 9.96. The van der Waals surface area contributed by atoms with Gasteiger partial charge in [0.05, 0.1) is 17.4 Å². The number of fused-ring (bicyclic) bond motifs is 2. The average molecular weight is 900 g/mol. The third kappa shape index (κ3) is 26.4. The fourth-order valence-corrected chi connectivity index (χ4v) is 7.40. The lowest BCUT2D eigenvalue weighted by Crippen LogP contribution is -2.26. The van der Waals surface area contributed by atoms with Gasteiger partial charge in [0, 0.05) is 68.6 Å². The maximum Gasteiger partial charge on any atom is 0.219 e. The van der Waals surface area contributed by atoms with Crippen LogP contribution in [-0.2, 0) is 32.1 Å². The van der Waals surface area contributed by atoms with Crippen LogP contribution in [0, 0.1) is 0 Å². The summed E-state index contributed by atoms with van der Waals surface area (Å²) in [6.45, 7) is 8.21. The van der Waals surface area contributed by atoms with Gasteiger partial charge in [-0.05, 0) is 101 Å². The fourth-order valence-electron chi connectivity index (χ4n) is 7.40. The molecule has 9 N–H and O–H groups in total. The van der Waals surface area contributed by atoms with E-state index in [1.165, 1.54) is 62.5 Å². The van der Waals surface area contributed by atoms with Crippen LogP contribution in [0.25, 0.3) is 11.4 Å². The summed E-state index contributed by atoms with van der Waals surface area (Å²) >= 11 is 0. The number of hydrogen-bond donors (Lipinski definition) is 7. The number of primary amides is 1. The zero-order chi connectivity index (χ0) is 47.8. The van der Waals surface area contributed by atoms with Gasteiger partial charge in [0.1, 0.15) is 12.6 Å². The fraction of sp³-hybridized carbons (Fsp3) is 0.547. The summed E-state index contributed by atoms with van der Waals surface area (Å²) in [7, 11) is 4.09. The second-order valence-electron chi connectivity index (χ2n) is 16.4. The summed E-state index contributed by atoms with van der Waals surface area (Å²) in [6.07, 6.45) is 22.1. The van der Waals surface area contributed by atoms with E-state index in [9.17, 15) is 14.4 Å². The Labute approximate surface area is 392 Å². The molecule has 0 saturated heterocycles. The van der Waals surface area contributed by atoms with Crippen molar-refractivity contribution in [1.82, 2.24) is 16.0 Å². The molecule has 1 atom stereocenters. The number of rotatable bonds is 29. The molecule has 0 aliphatic carbocycles. The first-order chi connectivity index (χ1) is 31.7. The minimum atomic E-state index is -0.186. The Morgan fingerprint density at radius 2 is 1.42 bits per heavy atom. The van der Waals surface area contributed by atoms with E-state index in [0.717, 1.165) is 130 Å². The molecule has 4 rings (SSSR count). The van der Waals surface area contributed by atoms with E-state index >= 15 is 0 Å². The zero-order valence-electron chi connectivity index (χ0n) is 40.4. The molecule has 1 aliphatic rings. The van der Waals surface area contributed by atoms with Gasteiger partial charge in [-0.1, -0.05) is 120 Å². The molecule has 3 aromatic carbocycles. The third-order valence-corrected chi connectivity index (χ3v) is 11.1. The van der Waals surface area contributed by atoms with Crippen molar-refractivity contribution in [2.24, 2.45) is 11.5 Å². The number of amides is 2. The minimum absolute atomic E-state index is 0.131. The van der Waals surface area contributed by atoms with Gasteiger partial charge in [0.15, 0.2) is 0 Å². The number of carbonyl (C=O) groups excluding carboxylic acids is 4. The number of benzene rings is 3. The van der Waals surface area contributed by atoms with Gasteiger partial charge in [-0.2, -0.15) is 0 Å². The van der Waals surface area contributed by atoms with Crippen molar-refractivity contribution in [2.45, 2.75) is 148 Å². The first-order valence-electron chi connectivity index (χ1n) is 24.3. The molecule has 0 spiro atoms. The highest BCUT2D eigenvalue weighted by molar-refractivity contribution is 5.93. The van der Waals surface area contributed by atoms with Crippen LogP contribution < -0.4 is 37.6 Å². The van der Waals surface area contributed by atoms with Gasteiger partial charge in [0.2, 0.25) is 12.3 Å². The monoisotopic (exact) mass is 900 g/mol. The maximum absolute atomic E-state index is 11.7. The van der Waals surface area contributed by atoms with Gasteiger partial charge >= 0.3 is 0 Å². The molecule has 12 heteroatoms. The van der Waals surface area contributed by atoms with Crippen LogP contribution in [0.15, 0.2) is 72.8 Å². The number of aryl methyl sites for hydroxylation is 1. The molecule has 65 heavy (non-hydrogen) atoms. The first-order valence-corrected chi connectivity index (χ1v) is 24.3. The molecule has 12 nitrogen and oxygen atoms in total. The Balaban J connectivity index is 0.000000586. The molecule has 0 radical (unpaired) electrons. The standard InChI is InChI=1S/C30H36N4O.C15H29NO2.C7H17NO.CH3NO/c1-3-22-11-10-14-24(19-22)33-25(21-35)13-8-9-18-32-30-27-16-6-7-17-28(27)34(2)20-23-12-4-5-15-26(23)29(30)31;1-2-3-4-5-6-7-10-13-16-15(18)12-9-8-11-14-17;1-8-6-4-2-3-5-7-9;2-1-3/h4-7,10-12,14-17,19,21,25,32-33H,3,8-9,13,18,20,31H2,1-2H3;14H,2-13H2,1H3,(H,16,18);8-9H,2-7H2,1H3;1H,(H2,2,3)/b30-29-;;;. The summed E-state index contributed by atoms with van der Waals surface area (Å²) in [5, 5.41) is 21.4. The largest absolute Gasteiger partial charge is 0.397 e. The summed E-state index contributed by atoms with van der Waals surface area (Å²) in [5.74, 6) is 0.131. The SMILES string of the molecule is CCCCCCCCCNC(=O)CCCCC=O.CCc1cccc(NC(C=O)CCCCN/C2=C(\N)c3ccccc3CN(C)c3ccccc32)c1.CNCCCCCCO.NC=O. The van der Waals surface area contributed by atoms with Crippen LogP contribution in [0.3, 0.4) is 0 Å². The van der Waals surface area contributed by atoms with Crippen molar-refractivity contribution in [3.8, 4) is 0 Å². The van der Waals surface area contributed by atoms with Crippen molar-refractivity contribution in [3.05, 3.63) is 95.1 Å². The van der Waals surface area contributed by atoms with Crippen molar-refractivity contribution >= 4 is 47.7 Å². The zero-order valence-corrected chi connectivity index (χ0v) is 40.4. The number of aliphatic hydroxyl groups excluding tert-OH is 1. The van der Waals surface area contributed by atoms with Crippen LogP contribution in [0.2, 0.25) is 0 Å². The van der Waals surface area contributed by atoms with Crippen LogP contribution in [0.5, 0.6) is 0 Å². The predicted octanol–water partition coefficient (Wildman–Crippen LogP) is 8.90. The smallest absolute Gasteiger partial charge is 0.219 e. The summed E-state index contributed by atoms with van der Waals surface area (Å²) in [6, 6.07) is 24.9. The molecule has 0 aromatic heterocycles. The highest BCUT2D eigenvalue weighted by Crippen LogP contribution is 2.34. The molecule has 1 aliphatic heterocycles. The Hall–Kier alpha value is -5.20. The number of unbranched alkanes of at least 4 members (excludes halogenated alkanes) is 12. The molecular formula is C53H85N7O5. The van der Waals surface area contributed by atoms with E-state index in [0.29, 0.717) is 19.4 Å². The number of para-hydroxylation sites is 1. The molecule has 1 heterocycles. The second-order valence-corrected chi connectivity index (χ2v) is 16.4. The molecule has 0 bridgehead atoms. The third-order valence-electron chi connectivity index (χ3n) is 11.1. The van der Waals surface area contributed by atoms with Crippen LogP contribution in [0.4, 0.5) is 11.4 Å². The van der Waals surface area contributed by atoms with Crippen LogP contribution >= 0.6 is 0 Å². The lowest BCUT2D eigenvalue weighted by Gasteiger charge is -2.29. The normalized spacial score (nSPS) is 13.0. The number of carbonyl (C=O) groups is 4. The summed E-state index contributed by atoms with van der Waals surface area (Å²) < 4.78 is 0.